The lowest BCUT2D eigenvalue weighted by Crippen LogP contribution is -2.21. The van der Waals surface area contributed by atoms with Crippen LogP contribution in [0.2, 0.25) is 0 Å². The molecule has 2 aromatic rings. The minimum Gasteiger partial charge on any atom is -0.741 e. The summed E-state index contributed by atoms with van der Waals surface area (Å²) in [4.78, 5) is 12.4. The lowest BCUT2D eigenvalue weighted by atomic mass is 9.90. The summed E-state index contributed by atoms with van der Waals surface area (Å²) in [6.45, 7) is 2.26. The van der Waals surface area contributed by atoms with Crippen LogP contribution >= 0.6 is 12.6 Å². The number of ketones is 1. The van der Waals surface area contributed by atoms with Crippen LogP contribution in [0.25, 0.3) is 0 Å². The molecule has 2 aromatic carbocycles. The van der Waals surface area contributed by atoms with E-state index in [1.807, 2.05) is 6.92 Å². The number of thiol groups is 1. The van der Waals surface area contributed by atoms with Crippen molar-refractivity contribution in [3.8, 4) is 0 Å². The predicted molar refractivity (Wildman–Crippen MR) is 184 cm³/mol. The number of Topliss-reactive ketones (excluding diaryl/α,β-unsaturated/α-hetero) is 1. The van der Waals surface area contributed by atoms with E-state index >= 15 is 0 Å². The summed E-state index contributed by atoms with van der Waals surface area (Å²) in [5.74, 6) is 0.735. The molecule has 1 N–H and O–H groups in total. The molecule has 2 aliphatic rings. The molecule has 0 heterocycles. The molecule has 0 radical (unpaired) electrons. The lowest BCUT2D eigenvalue weighted by Gasteiger charge is -2.20. The number of alkyl halides is 6. The smallest absolute Gasteiger partial charge is 0.522 e. The van der Waals surface area contributed by atoms with E-state index in [0.717, 1.165) is 37.7 Å². The first-order valence-electron chi connectivity index (χ1n) is 15.0. The van der Waals surface area contributed by atoms with E-state index in [1.54, 1.807) is 24.3 Å². The first kappa shape index (κ1) is 49.1. The Bertz CT molecular complexity index is 1580. The van der Waals surface area contributed by atoms with Crippen LogP contribution in [0.3, 0.4) is 0 Å². The number of halogens is 6. The minimum absolute atomic E-state index is 0.0590. The summed E-state index contributed by atoms with van der Waals surface area (Å²) in [6, 6.07) is 17.3. The van der Waals surface area contributed by atoms with Crippen molar-refractivity contribution < 1.29 is 69.7 Å². The maximum atomic E-state index is 12.0. The average molecular weight is 837 g/mol. The number of hydrogen-bond donors (Lipinski definition) is 2. The van der Waals surface area contributed by atoms with Gasteiger partial charge >= 0.3 is 21.1 Å². The zero-order valence-corrected chi connectivity index (χ0v) is 32.1. The van der Waals surface area contributed by atoms with Crippen molar-refractivity contribution in [3.05, 3.63) is 60.2 Å². The summed E-state index contributed by atoms with van der Waals surface area (Å²) >= 11 is 4.11. The molecule has 2 aliphatic carbocycles. The third kappa shape index (κ3) is 21.4. The third-order valence-electron chi connectivity index (χ3n) is 6.81. The van der Waals surface area contributed by atoms with Crippen molar-refractivity contribution in [2.75, 3.05) is 19.1 Å². The van der Waals surface area contributed by atoms with Gasteiger partial charge in [-0.2, -0.15) is 55.8 Å². The minimum atomic E-state index is -6.09. The van der Waals surface area contributed by atoms with Crippen LogP contribution in [0.4, 0.5) is 26.3 Å². The quantitative estimate of drug-likeness (QED) is 0.0792. The average Bonchev–Trinajstić information content (AvgIpc) is 3.02. The van der Waals surface area contributed by atoms with Gasteiger partial charge in [-0.3, -0.25) is 13.5 Å². The molecule has 51 heavy (non-hydrogen) atoms. The van der Waals surface area contributed by atoms with E-state index < -0.39 is 41.4 Å². The van der Waals surface area contributed by atoms with Crippen LogP contribution in [0, 0.1) is 12.8 Å². The number of rotatable bonds is 5. The van der Waals surface area contributed by atoms with E-state index in [0.29, 0.717) is 29.2 Å². The van der Waals surface area contributed by atoms with Gasteiger partial charge in [-0.15, -0.1) is 0 Å². The number of carbonyl (C=O) groups is 1. The molecular weight excluding hydrogens is 795 g/mol. The second-order valence-corrected chi connectivity index (χ2v) is 18.4. The summed E-state index contributed by atoms with van der Waals surface area (Å²) < 4.78 is 146. The molecule has 10 nitrogen and oxygen atoms in total. The largest absolute Gasteiger partial charge is 0.741 e. The Balaban J connectivity index is 0.000000651. The Kier molecular flexibility index (Phi) is 21.5. The van der Waals surface area contributed by atoms with Crippen LogP contribution < -0.4 is 0 Å². The van der Waals surface area contributed by atoms with Crippen molar-refractivity contribution in [1.82, 2.24) is 0 Å². The normalized spacial score (nSPS) is 17.3. The number of aryl methyl sites for hydroxylation is 1. The number of benzene rings is 2. The molecule has 2 saturated carbocycles. The van der Waals surface area contributed by atoms with Crippen molar-refractivity contribution >= 4 is 59.7 Å². The summed E-state index contributed by atoms with van der Waals surface area (Å²) in [5.41, 5.74) is -10.1. The first-order valence-corrected chi connectivity index (χ1v) is 21.9. The highest BCUT2D eigenvalue weighted by Crippen LogP contribution is 2.25. The van der Waals surface area contributed by atoms with E-state index in [1.165, 1.54) is 30.6 Å². The summed E-state index contributed by atoms with van der Waals surface area (Å²) in [7, 11) is -15.1. The maximum Gasteiger partial charge on any atom is 0.522 e. The number of carbonyl (C=O) groups excluding carboxylic acids is 1. The van der Waals surface area contributed by atoms with Crippen LogP contribution in [0.15, 0.2) is 64.4 Å². The standard InChI is InChI=1S/C14H20O3S.C8H11S.C6H10OS.2CHF3O3S/c1-12-7-9-14(10-8-12)18(15,16)17-11-13-5-3-2-4-6-13;1-9(2)8-6-4-3-5-7-8;7-5-3-1-2-4-6(5)8;2*2-1(3,4)8(5,6)7/h7-10,13H,2-6,11H2,1H3;3-7H,1-2H3;6,8H,1-4H2;2*(H,5,6,7)/q;+1;;;/p-1. The van der Waals surface area contributed by atoms with E-state index in [2.05, 4.69) is 55.5 Å². The Morgan fingerprint density at radius 3 is 1.59 bits per heavy atom. The van der Waals surface area contributed by atoms with Crippen molar-refractivity contribution in [2.45, 2.75) is 90.8 Å². The zero-order chi connectivity index (χ0) is 39.7. The van der Waals surface area contributed by atoms with E-state index in [4.69, 9.17) is 30.1 Å². The predicted octanol–water partition coefficient (Wildman–Crippen LogP) is 7.08. The molecule has 0 saturated heterocycles. The van der Waals surface area contributed by atoms with Gasteiger partial charge in [0.15, 0.2) is 15.0 Å². The Hall–Kier alpha value is -1.88. The summed E-state index contributed by atoms with van der Waals surface area (Å²) in [5, 5.41) is 0.0590. The van der Waals surface area contributed by atoms with E-state index in [-0.39, 0.29) is 10.1 Å². The van der Waals surface area contributed by atoms with Gasteiger partial charge in [0, 0.05) is 17.3 Å². The van der Waals surface area contributed by atoms with Gasteiger partial charge in [-0.1, -0.05) is 61.6 Å². The number of hydrogen-bond acceptors (Lipinski definition) is 10. The maximum absolute atomic E-state index is 12.0. The molecule has 1 atom stereocenters. The van der Waals surface area contributed by atoms with Crippen LogP contribution in [-0.2, 0) is 50.2 Å². The Labute approximate surface area is 304 Å². The van der Waals surface area contributed by atoms with Crippen LogP contribution in [0.1, 0.15) is 63.4 Å². The monoisotopic (exact) mass is 836 g/mol. The van der Waals surface area contributed by atoms with Gasteiger partial charge < -0.3 is 4.55 Å². The Morgan fingerprint density at radius 1 is 0.804 bits per heavy atom. The highest BCUT2D eigenvalue weighted by molar-refractivity contribution is 7.95. The van der Waals surface area contributed by atoms with Crippen molar-refractivity contribution in [3.63, 3.8) is 0 Å². The molecule has 0 aliphatic heterocycles. The molecule has 0 amide bonds. The van der Waals surface area contributed by atoms with Gasteiger partial charge in [-0.05, 0) is 62.8 Å². The fourth-order valence-corrected chi connectivity index (χ4v) is 5.96. The fourth-order valence-electron chi connectivity index (χ4n) is 3.97. The lowest BCUT2D eigenvalue weighted by molar-refractivity contribution is -0.119. The van der Waals surface area contributed by atoms with Gasteiger partial charge in [0.1, 0.15) is 18.3 Å². The molecule has 21 heteroatoms. The van der Waals surface area contributed by atoms with Gasteiger partial charge in [0.05, 0.1) is 16.8 Å². The Morgan fingerprint density at radius 2 is 1.25 bits per heavy atom. The highest BCUT2D eigenvalue weighted by Gasteiger charge is 2.44. The van der Waals surface area contributed by atoms with Crippen molar-refractivity contribution in [2.24, 2.45) is 5.92 Å². The molecular formula is C30H42F6O10S5. The molecule has 4 rings (SSSR count). The first-order chi connectivity index (χ1) is 23.2. The SMILES string of the molecule is C[S+](C)c1ccccc1.Cc1ccc(S(=O)(=O)OCC2CCCCC2)cc1.O=C1CCCCC1S.O=S(=O)(O)C(F)(F)F.O=S(=O)([O-])C(F)(F)F. The van der Waals surface area contributed by atoms with Gasteiger partial charge in [0.2, 0.25) is 0 Å². The van der Waals surface area contributed by atoms with Gasteiger partial charge in [0.25, 0.3) is 10.1 Å². The second-order valence-electron chi connectivity index (χ2n) is 11.2. The molecule has 2 fully saturated rings. The van der Waals surface area contributed by atoms with Crippen molar-refractivity contribution in [1.29, 1.82) is 0 Å². The van der Waals surface area contributed by atoms with Crippen LogP contribution in [0.5, 0.6) is 0 Å². The molecule has 0 aromatic heterocycles. The molecule has 1 unspecified atom stereocenters. The molecule has 0 bridgehead atoms. The second kappa shape index (κ2) is 22.4. The summed E-state index contributed by atoms with van der Waals surface area (Å²) in [6.07, 6.45) is 14.3. The van der Waals surface area contributed by atoms with Crippen LogP contribution in [-0.4, -0.2) is 75.5 Å². The fraction of sp³-hybridized carbons (Fsp3) is 0.567. The van der Waals surface area contributed by atoms with Gasteiger partial charge in [-0.25, -0.2) is 8.42 Å². The topological polar surface area (TPSA) is 172 Å². The van der Waals surface area contributed by atoms with E-state index in [9.17, 15) is 39.6 Å². The molecule has 294 valence electrons. The third-order valence-corrected chi connectivity index (χ3v) is 11.0. The zero-order valence-electron chi connectivity index (χ0n) is 27.9. The highest BCUT2D eigenvalue weighted by atomic mass is 32.2. The molecule has 0 spiro atoms.